The molecule has 4 aromatic rings. The lowest BCUT2D eigenvalue weighted by Crippen LogP contribution is -2.19. The Bertz CT molecular complexity index is 2390. The predicted octanol–water partition coefficient (Wildman–Crippen LogP) is 11.2. The summed E-state index contributed by atoms with van der Waals surface area (Å²) in [5.74, 6) is -4.71. The van der Waals surface area contributed by atoms with Gasteiger partial charge in [0.25, 0.3) is 0 Å². The van der Waals surface area contributed by atoms with Crippen LogP contribution in [0.5, 0.6) is 23.0 Å². The number of halogens is 12. The van der Waals surface area contributed by atoms with Crippen LogP contribution in [-0.4, -0.2) is 25.4 Å². The fourth-order valence-corrected chi connectivity index (χ4v) is 6.58. The molecule has 8 nitrogen and oxygen atoms in total. The zero-order valence-electron chi connectivity index (χ0n) is 27.9. The third-order valence-corrected chi connectivity index (χ3v) is 8.18. The summed E-state index contributed by atoms with van der Waals surface area (Å²) in [7, 11) is 0. The molecular weight excluding hydrogens is 804 g/mol. The molecule has 20 heteroatoms. The molecule has 0 spiro atoms. The molecule has 0 saturated heterocycles. The molecule has 0 unspecified atom stereocenters. The van der Waals surface area contributed by atoms with Crippen LogP contribution in [0.2, 0.25) is 0 Å². The summed E-state index contributed by atoms with van der Waals surface area (Å²) in [6.45, 7) is 0. The van der Waals surface area contributed by atoms with Crippen molar-refractivity contribution in [2.45, 2.75) is 25.4 Å². The molecule has 0 saturated carbocycles. The van der Waals surface area contributed by atoms with Gasteiger partial charge in [0.05, 0.1) is 0 Å². The summed E-state index contributed by atoms with van der Waals surface area (Å²) < 4.78 is 175. The summed E-state index contributed by atoms with van der Waals surface area (Å²) >= 11 is 0. The monoisotopic (exact) mass is 816 g/mol. The smallest absolute Gasteiger partial charge is 0.406 e. The number of allylic oxidation sites excluding steroid dienone is 6. The zero-order chi connectivity index (χ0) is 42.5. The van der Waals surface area contributed by atoms with Crippen LogP contribution >= 0.6 is 0 Å². The average molecular weight is 817 g/mol. The molecule has 0 fully saturated rings. The lowest BCUT2D eigenvalue weighted by molar-refractivity contribution is -0.278. The number of alkyl halides is 12. The molecule has 2 aliphatic rings. The Balaban J connectivity index is 1.68. The summed E-state index contributed by atoms with van der Waals surface area (Å²) in [4.78, 5) is 0. The topological polar surface area (TPSA) is 132 Å². The number of benzene rings is 4. The van der Waals surface area contributed by atoms with Crippen molar-refractivity contribution in [2.75, 3.05) is 0 Å². The molecule has 0 aromatic heterocycles. The first-order valence-corrected chi connectivity index (χ1v) is 15.5. The van der Waals surface area contributed by atoms with Crippen LogP contribution in [0.15, 0.2) is 83.9 Å². The Morgan fingerprint density at radius 1 is 0.397 bits per heavy atom. The number of hydrogen-bond donors (Lipinski definition) is 0. The van der Waals surface area contributed by atoms with Crippen LogP contribution in [-0.2, 0) is 0 Å². The standard InChI is InChI=1S/C38H12F12N4O4/c39-35(40,41)55-21-7-17(8-22(11-21)56-36(42,43)44)25-3-1-5-27-31(25)29(19(13-51)14-52)34-28-6-2-4-26(32(28)30(33(27)34)20(15-53)16-54)18-9-23(57-37(45,46)47)12-24(10-18)58-38(48,49)50/h1-12H. The van der Waals surface area contributed by atoms with Gasteiger partial charge in [-0.25, -0.2) is 0 Å². The maximum absolute atomic E-state index is 13.3. The van der Waals surface area contributed by atoms with E-state index in [1.165, 1.54) is 36.4 Å². The Hall–Kier alpha value is -7.58. The van der Waals surface area contributed by atoms with Crippen molar-refractivity contribution in [3.8, 4) is 69.5 Å². The van der Waals surface area contributed by atoms with Crippen molar-refractivity contribution in [2.24, 2.45) is 0 Å². The van der Waals surface area contributed by atoms with Gasteiger partial charge in [0.15, 0.2) is 0 Å². The highest BCUT2D eigenvalue weighted by Crippen LogP contribution is 2.62. The van der Waals surface area contributed by atoms with Crippen LogP contribution in [0.3, 0.4) is 0 Å². The fraction of sp³-hybridized carbons (Fsp3) is 0.105. The molecule has 0 N–H and O–H groups in total. The zero-order valence-corrected chi connectivity index (χ0v) is 27.9. The molecule has 2 aliphatic carbocycles. The van der Waals surface area contributed by atoms with Crippen LogP contribution in [0.1, 0.15) is 22.3 Å². The second kappa shape index (κ2) is 14.2. The number of nitrogens with zero attached hydrogens (tertiary/aromatic N) is 4. The van der Waals surface area contributed by atoms with Crippen molar-refractivity contribution in [1.29, 1.82) is 21.0 Å². The summed E-state index contributed by atoms with van der Waals surface area (Å²) in [6, 6.07) is 17.5. The second-order valence-electron chi connectivity index (χ2n) is 11.7. The third kappa shape index (κ3) is 8.03. The minimum atomic E-state index is -5.40. The maximum Gasteiger partial charge on any atom is 0.573 e. The number of rotatable bonds is 6. The molecule has 292 valence electrons. The van der Waals surface area contributed by atoms with Gasteiger partial charge in [-0.2, -0.15) is 21.0 Å². The first kappa shape index (κ1) is 40.1. The van der Waals surface area contributed by atoms with Crippen molar-refractivity contribution in [3.05, 3.63) is 106 Å². The Labute approximate surface area is 316 Å². The van der Waals surface area contributed by atoms with E-state index in [-0.39, 0.29) is 55.7 Å². The van der Waals surface area contributed by atoms with Gasteiger partial charge in [0.1, 0.15) is 58.4 Å². The molecule has 0 aliphatic heterocycles. The van der Waals surface area contributed by atoms with Crippen molar-refractivity contribution in [1.82, 2.24) is 0 Å². The van der Waals surface area contributed by atoms with E-state index in [2.05, 4.69) is 18.9 Å². The minimum absolute atomic E-state index is 0.0543. The Morgan fingerprint density at radius 2 is 0.655 bits per heavy atom. The van der Waals surface area contributed by atoms with Gasteiger partial charge >= 0.3 is 25.4 Å². The van der Waals surface area contributed by atoms with E-state index >= 15 is 0 Å². The molecule has 0 atom stereocenters. The van der Waals surface area contributed by atoms with E-state index in [0.29, 0.717) is 36.4 Å². The van der Waals surface area contributed by atoms with E-state index < -0.39 is 70.7 Å². The molecule has 0 radical (unpaired) electrons. The van der Waals surface area contributed by atoms with E-state index in [1.807, 2.05) is 0 Å². The highest BCUT2D eigenvalue weighted by Gasteiger charge is 2.43. The van der Waals surface area contributed by atoms with E-state index in [0.717, 1.165) is 0 Å². The lowest BCUT2D eigenvalue weighted by Gasteiger charge is -2.20. The molecule has 0 bridgehead atoms. The van der Waals surface area contributed by atoms with E-state index in [9.17, 15) is 73.7 Å². The first-order chi connectivity index (χ1) is 27.0. The third-order valence-electron chi connectivity index (χ3n) is 8.18. The number of nitriles is 4. The average Bonchev–Trinajstić information content (AvgIpc) is 3.60. The van der Waals surface area contributed by atoms with Crippen LogP contribution in [0, 0.1) is 45.3 Å². The number of fused-ring (bicyclic) bond motifs is 4. The van der Waals surface area contributed by atoms with Gasteiger partial charge < -0.3 is 18.9 Å². The van der Waals surface area contributed by atoms with Crippen molar-refractivity contribution in [3.63, 3.8) is 0 Å². The van der Waals surface area contributed by atoms with Crippen LogP contribution in [0.4, 0.5) is 52.7 Å². The Morgan fingerprint density at radius 3 is 0.897 bits per heavy atom. The van der Waals surface area contributed by atoms with Gasteiger partial charge in [-0.1, -0.05) is 36.4 Å². The predicted molar refractivity (Wildman–Crippen MR) is 174 cm³/mol. The molecule has 4 aromatic carbocycles. The number of hydrogen-bond acceptors (Lipinski definition) is 8. The summed E-state index contributed by atoms with van der Waals surface area (Å²) in [5, 5.41) is 40.6. The minimum Gasteiger partial charge on any atom is -0.406 e. The fourth-order valence-electron chi connectivity index (χ4n) is 6.58. The van der Waals surface area contributed by atoms with Crippen molar-refractivity contribution >= 4 is 22.3 Å². The SMILES string of the molecule is N#CC(C#N)=C1C2=C(C(=C(C#N)C#N)c3c2cccc3-c2cc(OC(F)(F)F)cc(OC(F)(F)F)c2)c2cccc(-c3cc(OC(F)(F)F)cc(OC(F)(F)F)c3)c21. The molecule has 58 heavy (non-hydrogen) atoms. The van der Waals surface area contributed by atoms with Crippen molar-refractivity contribution < 1.29 is 71.6 Å². The molecule has 0 amide bonds. The van der Waals surface area contributed by atoms with Crippen LogP contribution < -0.4 is 18.9 Å². The van der Waals surface area contributed by atoms with E-state index in [4.69, 9.17) is 0 Å². The van der Waals surface area contributed by atoms with Gasteiger partial charge in [-0.3, -0.25) is 0 Å². The lowest BCUT2D eigenvalue weighted by atomic mass is 9.83. The van der Waals surface area contributed by atoms with Gasteiger partial charge in [0, 0.05) is 45.6 Å². The maximum atomic E-state index is 13.3. The highest BCUT2D eigenvalue weighted by molar-refractivity contribution is 6.39. The van der Waals surface area contributed by atoms with E-state index in [1.54, 1.807) is 24.3 Å². The number of ether oxygens (including phenoxy) is 4. The van der Waals surface area contributed by atoms with Gasteiger partial charge in [0.2, 0.25) is 0 Å². The molecular formula is C38H12F12N4O4. The normalized spacial score (nSPS) is 13.3. The molecule has 6 rings (SSSR count). The quantitative estimate of drug-likeness (QED) is 0.139. The largest absolute Gasteiger partial charge is 0.573 e. The Kier molecular flexibility index (Phi) is 9.80. The first-order valence-electron chi connectivity index (χ1n) is 15.5. The van der Waals surface area contributed by atoms with Gasteiger partial charge in [-0.05, 0) is 57.6 Å². The summed E-state index contributed by atoms with van der Waals surface area (Å²) in [5.41, 5.74) is -4.03. The summed E-state index contributed by atoms with van der Waals surface area (Å²) in [6.07, 6.45) is -21.6. The van der Waals surface area contributed by atoms with Gasteiger partial charge in [-0.15, -0.1) is 52.7 Å². The molecule has 0 heterocycles. The highest BCUT2D eigenvalue weighted by atomic mass is 19.4. The van der Waals surface area contributed by atoms with Crippen LogP contribution in [0.25, 0.3) is 44.5 Å². The second-order valence-corrected chi connectivity index (χ2v) is 11.7.